The van der Waals surface area contributed by atoms with Crippen molar-refractivity contribution in [2.24, 2.45) is 0 Å². The Morgan fingerprint density at radius 3 is 2.33 bits per heavy atom. The zero-order valence-electron chi connectivity index (χ0n) is 10.3. The summed E-state index contributed by atoms with van der Waals surface area (Å²) in [4.78, 5) is 0. The third-order valence-corrected chi connectivity index (χ3v) is 2.93. The average molecular weight is 242 g/mol. The van der Waals surface area contributed by atoms with E-state index in [-0.39, 0.29) is 5.57 Å². The van der Waals surface area contributed by atoms with E-state index in [0.717, 1.165) is 0 Å². The number of benzene rings is 1. The molecule has 1 aromatic rings. The van der Waals surface area contributed by atoms with E-state index in [1.807, 2.05) is 12.1 Å². The Morgan fingerprint density at radius 1 is 1.33 bits per heavy atom. The van der Waals surface area contributed by atoms with Crippen molar-refractivity contribution in [3.63, 3.8) is 0 Å². The van der Waals surface area contributed by atoms with Crippen LogP contribution in [0.5, 0.6) is 0 Å². The second-order valence-electron chi connectivity index (χ2n) is 3.73. The molecule has 18 heavy (non-hydrogen) atoms. The lowest BCUT2D eigenvalue weighted by Gasteiger charge is -2.24. The minimum atomic E-state index is -1.18. The van der Waals surface area contributed by atoms with Gasteiger partial charge in [0, 0.05) is 0 Å². The second kappa shape index (κ2) is 5.75. The highest BCUT2D eigenvalue weighted by Crippen LogP contribution is 2.36. The molecular weight excluding hydrogens is 228 g/mol. The van der Waals surface area contributed by atoms with Crippen LogP contribution in [0.25, 0.3) is 0 Å². The molecule has 0 aliphatic heterocycles. The van der Waals surface area contributed by atoms with Crippen molar-refractivity contribution < 1.29 is 9.84 Å². The monoisotopic (exact) mass is 242 g/mol. The van der Waals surface area contributed by atoms with Crippen LogP contribution in [0, 0.1) is 22.7 Å². The zero-order chi connectivity index (χ0) is 13.6. The van der Waals surface area contributed by atoms with Crippen molar-refractivity contribution in [2.45, 2.75) is 18.8 Å². The normalized spacial score (nSPS) is 14.7. The fourth-order valence-electron chi connectivity index (χ4n) is 1.88. The highest BCUT2D eigenvalue weighted by Gasteiger charge is 2.38. The molecule has 1 aromatic carbocycles. The quantitative estimate of drug-likeness (QED) is 0.650. The first-order valence-electron chi connectivity index (χ1n) is 5.50. The molecule has 0 radical (unpaired) electrons. The van der Waals surface area contributed by atoms with E-state index in [0.29, 0.717) is 12.0 Å². The SMILES string of the molecule is CCC(C#N)(/C(C#N)=C(\O)OC)c1ccccc1. The highest BCUT2D eigenvalue weighted by molar-refractivity contribution is 5.49. The maximum Gasteiger partial charge on any atom is 0.292 e. The number of aliphatic hydroxyl groups excluding tert-OH is 1. The Labute approximate surface area is 106 Å². The summed E-state index contributed by atoms with van der Waals surface area (Å²) >= 11 is 0. The van der Waals surface area contributed by atoms with Gasteiger partial charge in [0.05, 0.1) is 13.2 Å². The lowest BCUT2D eigenvalue weighted by molar-refractivity contribution is 0.129. The van der Waals surface area contributed by atoms with E-state index < -0.39 is 11.4 Å². The van der Waals surface area contributed by atoms with Crippen molar-refractivity contribution in [2.75, 3.05) is 7.11 Å². The third-order valence-electron chi connectivity index (χ3n) is 2.93. The molecule has 0 amide bonds. The fraction of sp³-hybridized carbons (Fsp3) is 0.286. The van der Waals surface area contributed by atoms with E-state index >= 15 is 0 Å². The maximum absolute atomic E-state index is 9.66. The van der Waals surface area contributed by atoms with Gasteiger partial charge in [0.2, 0.25) is 0 Å². The largest absolute Gasteiger partial charge is 0.480 e. The van der Waals surface area contributed by atoms with Gasteiger partial charge in [-0.3, -0.25) is 0 Å². The number of aliphatic hydroxyl groups is 1. The van der Waals surface area contributed by atoms with Gasteiger partial charge in [0.15, 0.2) is 0 Å². The predicted molar refractivity (Wildman–Crippen MR) is 66.3 cm³/mol. The van der Waals surface area contributed by atoms with Crippen LogP contribution in [0.3, 0.4) is 0 Å². The molecule has 0 aromatic heterocycles. The van der Waals surface area contributed by atoms with Crippen LogP contribution in [-0.4, -0.2) is 12.2 Å². The van der Waals surface area contributed by atoms with Crippen LogP contribution < -0.4 is 0 Å². The van der Waals surface area contributed by atoms with Crippen molar-refractivity contribution in [3.05, 3.63) is 47.4 Å². The summed E-state index contributed by atoms with van der Waals surface area (Å²) in [6.45, 7) is 1.79. The number of allylic oxidation sites excluding steroid dienone is 1. The molecule has 0 bridgehead atoms. The molecule has 1 atom stereocenters. The molecular formula is C14H14N2O2. The summed E-state index contributed by atoms with van der Waals surface area (Å²) in [6.07, 6.45) is 0.365. The summed E-state index contributed by atoms with van der Waals surface area (Å²) in [6, 6.07) is 12.9. The lowest BCUT2D eigenvalue weighted by Crippen LogP contribution is -2.27. The van der Waals surface area contributed by atoms with Crippen molar-refractivity contribution in [1.29, 1.82) is 10.5 Å². The molecule has 4 nitrogen and oxygen atoms in total. The van der Waals surface area contributed by atoms with Crippen LogP contribution in [0.1, 0.15) is 18.9 Å². The van der Waals surface area contributed by atoms with E-state index in [1.165, 1.54) is 7.11 Å². The summed E-state index contributed by atoms with van der Waals surface area (Å²) in [5, 5.41) is 28.3. The predicted octanol–water partition coefficient (Wildman–Crippen LogP) is 2.80. The standard InChI is InChI=1S/C14H14N2O2/c1-3-14(10-16,11-7-5-4-6-8-11)12(9-15)13(17)18-2/h4-8,17H,3H2,1-2H3/b13-12+. The van der Waals surface area contributed by atoms with Crippen molar-refractivity contribution >= 4 is 0 Å². The van der Waals surface area contributed by atoms with Gasteiger partial charge in [-0.15, -0.1) is 0 Å². The second-order valence-corrected chi connectivity index (χ2v) is 3.73. The summed E-state index contributed by atoms with van der Waals surface area (Å²) < 4.78 is 4.70. The molecule has 0 aliphatic rings. The molecule has 0 saturated carbocycles. The third kappa shape index (κ3) is 2.14. The molecule has 0 aliphatic carbocycles. The van der Waals surface area contributed by atoms with Crippen LogP contribution in [0.4, 0.5) is 0 Å². The highest BCUT2D eigenvalue weighted by atomic mass is 16.6. The van der Waals surface area contributed by atoms with Crippen LogP contribution in [0.2, 0.25) is 0 Å². The van der Waals surface area contributed by atoms with Gasteiger partial charge in [-0.05, 0) is 12.0 Å². The molecule has 0 heterocycles. The molecule has 0 spiro atoms. The smallest absolute Gasteiger partial charge is 0.292 e. The van der Waals surface area contributed by atoms with Gasteiger partial charge < -0.3 is 9.84 Å². The van der Waals surface area contributed by atoms with Gasteiger partial charge in [-0.1, -0.05) is 37.3 Å². The van der Waals surface area contributed by atoms with E-state index in [4.69, 9.17) is 4.74 Å². The molecule has 4 heteroatoms. The van der Waals surface area contributed by atoms with E-state index in [1.54, 1.807) is 31.2 Å². The first-order chi connectivity index (χ1) is 8.66. The summed E-state index contributed by atoms with van der Waals surface area (Å²) in [7, 11) is 1.26. The summed E-state index contributed by atoms with van der Waals surface area (Å²) in [5.74, 6) is -0.509. The molecule has 1 rings (SSSR count). The Hall–Kier alpha value is -2.46. The van der Waals surface area contributed by atoms with Crippen LogP contribution in [0.15, 0.2) is 41.9 Å². The number of hydrogen-bond donors (Lipinski definition) is 1. The molecule has 0 saturated heterocycles. The number of ether oxygens (including phenoxy) is 1. The van der Waals surface area contributed by atoms with E-state index in [2.05, 4.69) is 6.07 Å². The molecule has 1 N–H and O–H groups in total. The maximum atomic E-state index is 9.66. The Kier molecular flexibility index (Phi) is 4.34. The fourth-order valence-corrected chi connectivity index (χ4v) is 1.88. The molecule has 1 unspecified atom stereocenters. The summed E-state index contributed by atoms with van der Waals surface area (Å²) in [5.41, 5.74) is -0.591. The average Bonchev–Trinajstić information content (AvgIpc) is 2.45. The van der Waals surface area contributed by atoms with Gasteiger partial charge in [-0.2, -0.15) is 10.5 Å². The van der Waals surface area contributed by atoms with Gasteiger partial charge in [0.25, 0.3) is 5.95 Å². The minimum absolute atomic E-state index is 0.0683. The van der Waals surface area contributed by atoms with Crippen molar-refractivity contribution in [1.82, 2.24) is 0 Å². The number of nitrogens with zero attached hydrogens (tertiary/aromatic N) is 2. The topological polar surface area (TPSA) is 77.0 Å². The van der Waals surface area contributed by atoms with Gasteiger partial charge in [0.1, 0.15) is 17.1 Å². The Bertz CT molecular complexity index is 523. The minimum Gasteiger partial charge on any atom is -0.480 e. The number of rotatable bonds is 4. The number of hydrogen-bond acceptors (Lipinski definition) is 4. The lowest BCUT2D eigenvalue weighted by atomic mass is 9.74. The van der Waals surface area contributed by atoms with Gasteiger partial charge >= 0.3 is 0 Å². The number of methoxy groups -OCH3 is 1. The van der Waals surface area contributed by atoms with Gasteiger partial charge in [-0.25, -0.2) is 0 Å². The Morgan fingerprint density at radius 2 is 1.94 bits per heavy atom. The first kappa shape index (κ1) is 13.6. The zero-order valence-corrected chi connectivity index (χ0v) is 10.3. The molecule has 92 valence electrons. The van der Waals surface area contributed by atoms with Crippen molar-refractivity contribution in [3.8, 4) is 12.1 Å². The number of nitriles is 2. The molecule has 0 fully saturated rings. The first-order valence-corrected chi connectivity index (χ1v) is 5.50. The Balaban J connectivity index is 3.53. The van der Waals surface area contributed by atoms with Crippen LogP contribution in [-0.2, 0) is 10.2 Å². The van der Waals surface area contributed by atoms with Crippen LogP contribution >= 0.6 is 0 Å². The van der Waals surface area contributed by atoms with E-state index in [9.17, 15) is 15.6 Å².